The quantitative estimate of drug-likeness (QED) is 0.905. The van der Waals surface area contributed by atoms with E-state index < -0.39 is 6.10 Å². The lowest BCUT2D eigenvalue weighted by Gasteiger charge is -2.12. The van der Waals surface area contributed by atoms with E-state index in [9.17, 15) is 5.11 Å². The Hall–Kier alpha value is -1.32. The van der Waals surface area contributed by atoms with Gasteiger partial charge in [-0.1, -0.05) is 34.1 Å². The second-order valence-corrected chi connectivity index (χ2v) is 5.54. The fourth-order valence-corrected chi connectivity index (χ4v) is 2.33. The maximum atomic E-state index is 9.53. The molecule has 0 radical (unpaired) electrons. The van der Waals surface area contributed by atoms with Crippen molar-refractivity contribution in [2.75, 3.05) is 0 Å². The van der Waals surface area contributed by atoms with Crippen molar-refractivity contribution >= 4 is 15.9 Å². The topological polar surface area (TPSA) is 29.5 Å². The van der Waals surface area contributed by atoms with Crippen molar-refractivity contribution in [3.8, 4) is 5.75 Å². The summed E-state index contributed by atoms with van der Waals surface area (Å²) >= 11 is 3.44. The average molecular weight is 321 g/mol. The fraction of sp³-hybridized carbons (Fsp3) is 0.250. The second kappa shape index (κ2) is 6.22. The van der Waals surface area contributed by atoms with Crippen molar-refractivity contribution in [3.63, 3.8) is 0 Å². The molecule has 0 saturated heterocycles. The molecule has 1 N–H and O–H groups in total. The molecule has 0 aliphatic carbocycles. The van der Waals surface area contributed by atoms with Gasteiger partial charge >= 0.3 is 0 Å². The third-order valence-corrected chi connectivity index (χ3v) is 3.46. The number of rotatable bonds is 4. The van der Waals surface area contributed by atoms with E-state index >= 15 is 0 Å². The van der Waals surface area contributed by atoms with E-state index in [1.807, 2.05) is 49.4 Å². The fourth-order valence-electron chi connectivity index (χ4n) is 1.88. The molecule has 2 aromatic carbocycles. The van der Waals surface area contributed by atoms with Gasteiger partial charge in [0.1, 0.15) is 12.4 Å². The number of hydrogen-bond donors (Lipinski definition) is 1. The lowest BCUT2D eigenvalue weighted by atomic mass is 10.1. The molecule has 0 bridgehead atoms. The highest BCUT2D eigenvalue weighted by Crippen LogP contribution is 2.23. The number of aliphatic hydroxyl groups is 1. The Morgan fingerprint density at radius 3 is 2.63 bits per heavy atom. The summed E-state index contributed by atoms with van der Waals surface area (Å²) in [5.74, 6) is 0.851. The van der Waals surface area contributed by atoms with E-state index in [1.165, 1.54) is 0 Å². The van der Waals surface area contributed by atoms with Gasteiger partial charge in [-0.05, 0) is 54.8 Å². The molecule has 2 nitrogen and oxygen atoms in total. The summed E-state index contributed by atoms with van der Waals surface area (Å²) in [6, 6.07) is 13.8. The molecule has 1 unspecified atom stereocenters. The highest BCUT2D eigenvalue weighted by molar-refractivity contribution is 9.10. The summed E-state index contributed by atoms with van der Waals surface area (Å²) in [5, 5.41) is 9.53. The monoisotopic (exact) mass is 320 g/mol. The van der Waals surface area contributed by atoms with Crippen LogP contribution in [0.4, 0.5) is 0 Å². The molecule has 19 heavy (non-hydrogen) atoms. The van der Waals surface area contributed by atoms with Crippen LogP contribution in [0, 0.1) is 6.92 Å². The molecular formula is C16H17BrO2. The van der Waals surface area contributed by atoms with Gasteiger partial charge in [-0.15, -0.1) is 0 Å². The van der Waals surface area contributed by atoms with Crippen LogP contribution in [0.25, 0.3) is 0 Å². The van der Waals surface area contributed by atoms with Gasteiger partial charge in [-0.2, -0.15) is 0 Å². The lowest BCUT2D eigenvalue weighted by molar-refractivity contribution is 0.199. The number of hydrogen-bond acceptors (Lipinski definition) is 2. The van der Waals surface area contributed by atoms with Gasteiger partial charge in [-0.25, -0.2) is 0 Å². The van der Waals surface area contributed by atoms with E-state index in [1.54, 1.807) is 6.92 Å². The molecule has 0 aromatic heterocycles. The van der Waals surface area contributed by atoms with Gasteiger partial charge in [0.2, 0.25) is 0 Å². The number of halogens is 1. The predicted octanol–water partition coefficient (Wildman–Crippen LogP) is 4.39. The third kappa shape index (κ3) is 3.82. The normalized spacial score (nSPS) is 12.2. The van der Waals surface area contributed by atoms with Crippen LogP contribution in [0.5, 0.6) is 5.75 Å². The second-order valence-electron chi connectivity index (χ2n) is 4.62. The molecule has 0 aliphatic heterocycles. The zero-order valence-corrected chi connectivity index (χ0v) is 12.6. The third-order valence-electron chi connectivity index (χ3n) is 2.96. The number of benzene rings is 2. The first-order valence-corrected chi connectivity index (χ1v) is 7.01. The number of aliphatic hydroxyl groups excluding tert-OH is 1. The zero-order chi connectivity index (χ0) is 13.8. The molecule has 2 rings (SSSR count). The van der Waals surface area contributed by atoms with Crippen molar-refractivity contribution < 1.29 is 9.84 Å². The first-order valence-electron chi connectivity index (χ1n) is 6.22. The Morgan fingerprint density at radius 2 is 2.00 bits per heavy atom. The van der Waals surface area contributed by atoms with Crippen LogP contribution in [0.2, 0.25) is 0 Å². The Labute approximate surface area is 122 Å². The van der Waals surface area contributed by atoms with E-state index in [-0.39, 0.29) is 0 Å². The Morgan fingerprint density at radius 1 is 1.21 bits per heavy atom. The van der Waals surface area contributed by atoms with Crippen molar-refractivity contribution in [2.45, 2.75) is 26.6 Å². The van der Waals surface area contributed by atoms with Gasteiger partial charge in [0.15, 0.2) is 0 Å². The Balaban J connectivity index is 2.07. The summed E-state index contributed by atoms with van der Waals surface area (Å²) in [4.78, 5) is 0. The molecule has 0 spiro atoms. The standard InChI is InChI=1S/C16H17BrO2/c1-11-8-14(12(2)18)6-7-16(11)19-10-13-4-3-5-15(17)9-13/h3-9,12,18H,10H2,1-2H3. The number of aryl methyl sites for hydroxylation is 1. The first-order chi connectivity index (χ1) is 9.06. The lowest BCUT2D eigenvalue weighted by Crippen LogP contribution is -1.98. The maximum Gasteiger partial charge on any atom is 0.122 e. The Kier molecular flexibility index (Phi) is 4.61. The van der Waals surface area contributed by atoms with E-state index in [2.05, 4.69) is 15.9 Å². The summed E-state index contributed by atoms with van der Waals surface area (Å²) in [6.07, 6.45) is -0.446. The molecular weight excluding hydrogens is 304 g/mol. The molecule has 0 amide bonds. The van der Waals surface area contributed by atoms with Crippen LogP contribution in [0.3, 0.4) is 0 Å². The van der Waals surface area contributed by atoms with Gasteiger partial charge in [-0.3, -0.25) is 0 Å². The summed E-state index contributed by atoms with van der Waals surface area (Å²) in [6.45, 7) is 4.28. The summed E-state index contributed by atoms with van der Waals surface area (Å²) in [5.41, 5.74) is 3.06. The van der Waals surface area contributed by atoms with E-state index in [0.29, 0.717) is 6.61 Å². The van der Waals surface area contributed by atoms with Crippen LogP contribution in [0.15, 0.2) is 46.9 Å². The van der Waals surface area contributed by atoms with Crippen LogP contribution in [-0.2, 0) is 6.61 Å². The van der Waals surface area contributed by atoms with Crippen LogP contribution >= 0.6 is 15.9 Å². The SMILES string of the molecule is Cc1cc(C(C)O)ccc1OCc1cccc(Br)c1. The Bertz CT molecular complexity index is 564. The smallest absolute Gasteiger partial charge is 0.122 e. The van der Waals surface area contributed by atoms with E-state index in [4.69, 9.17) is 4.74 Å². The van der Waals surface area contributed by atoms with Crippen molar-refractivity contribution in [2.24, 2.45) is 0 Å². The summed E-state index contributed by atoms with van der Waals surface area (Å²) in [7, 11) is 0. The largest absolute Gasteiger partial charge is 0.489 e. The molecule has 3 heteroatoms. The molecule has 1 atom stereocenters. The molecule has 2 aromatic rings. The molecule has 0 saturated carbocycles. The van der Waals surface area contributed by atoms with Crippen molar-refractivity contribution in [3.05, 3.63) is 63.6 Å². The van der Waals surface area contributed by atoms with Crippen molar-refractivity contribution in [1.82, 2.24) is 0 Å². The van der Waals surface area contributed by atoms with Gasteiger partial charge in [0.05, 0.1) is 6.10 Å². The van der Waals surface area contributed by atoms with Gasteiger partial charge in [0, 0.05) is 4.47 Å². The minimum atomic E-state index is -0.446. The van der Waals surface area contributed by atoms with Gasteiger partial charge < -0.3 is 9.84 Å². The molecule has 0 fully saturated rings. The zero-order valence-electron chi connectivity index (χ0n) is 11.1. The first kappa shape index (κ1) is 14.1. The predicted molar refractivity (Wildman–Crippen MR) is 80.3 cm³/mol. The molecule has 0 heterocycles. The highest BCUT2D eigenvalue weighted by atomic mass is 79.9. The van der Waals surface area contributed by atoms with Gasteiger partial charge in [0.25, 0.3) is 0 Å². The molecule has 0 aliphatic rings. The van der Waals surface area contributed by atoms with Crippen LogP contribution < -0.4 is 4.74 Å². The number of ether oxygens (including phenoxy) is 1. The summed E-state index contributed by atoms with van der Waals surface area (Å²) < 4.78 is 6.86. The van der Waals surface area contributed by atoms with Crippen LogP contribution in [0.1, 0.15) is 29.7 Å². The maximum absolute atomic E-state index is 9.53. The molecule has 100 valence electrons. The average Bonchev–Trinajstić information content (AvgIpc) is 2.37. The minimum Gasteiger partial charge on any atom is -0.489 e. The van der Waals surface area contributed by atoms with Crippen molar-refractivity contribution in [1.29, 1.82) is 0 Å². The highest BCUT2D eigenvalue weighted by Gasteiger charge is 2.05. The van der Waals surface area contributed by atoms with Crippen LogP contribution in [-0.4, -0.2) is 5.11 Å². The minimum absolute atomic E-state index is 0.446. The van der Waals surface area contributed by atoms with E-state index in [0.717, 1.165) is 26.9 Å².